The Hall–Kier alpha value is -0.560. The summed E-state index contributed by atoms with van der Waals surface area (Å²) in [7, 11) is 1.78. The molecular formula is C14H24O. The minimum atomic E-state index is 0.322. The van der Waals surface area contributed by atoms with E-state index >= 15 is 0 Å². The quantitative estimate of drug-likeness (QED) is 0.678. The molecule has 86 valence electrons. The van der Waals surface area contributed by atoms with E-state index < -0.39 is 0 Å². The molecule has 0 aromatic rings. The van der Waals surface area contributed by atoms with Gasteiger partial charge in [-0.15, -0.1) is 0 Å². The highest BCUT2D eigenvalue weighted by Crippen LogP contribution is 2.40. The highest BCUT2D eigenvalue weighted by atomic mass is 16.5. The molecule has 1 heteroatoms. The first kappa shape index (κ1) is 12.5. The van der Waals surface area contributed by atoms with Crippen molar-refractivity contribution in [1.29, 1.82) is 0 Å². The monoisotopic (exact) mass is 208 g/mol. The zero-order valence-electron chi connectivity index (χ0n) is 10.8. The molecule has 0 fully saturated rings. The number of methoxy groups -OCH3 is 1. The summed E-state index contributed by atoms with van der Waals surface area (Å²) in [6.07, 6.45) is 8.53. The van der Waals surface area contributed by atoms with Crippen molar-refractivity contribution in [3.63, 3.8) is 0 Å². The SMILES string of the molecule is CO[C@@H](C)C/C=C1\C(C)=CCCC1(C)C. The summed E-state index contributed by atoms with van der Waals surface area (Å²) in [5.74, 6) is 0. The smallest absolute Gasteiger partial charge is 0.0577 e. The Bertz CT molecular complexity index is 271. The van der Waals surface area contributed by atoms with Crippen LogP contribution >= 0.6 is 0 Å². The highest BCUT2D eigenvalue weighted by molar-refractivity contribution is 5.36. The maximum atomic E-state index is 5.28. The molecule has 0 saturated heterocycles. The van der Waals surface area contributed by atoms with Gasteiger partial charge in [0.2, 0.25) is 0 Å². The highest BCUT2D eigenvalue weighted by Gasteiger charge is 2.26. The Morgan fingerprint density at radius 2 is 2.20 bits per heavy atom. The zero-order valence-corrected chi connectivity index (χ0v) is 10.8. The standard InChI is InChI=1S/C14H24O/c1-11-7-6-10-14(3,4)13(11)9-8-12(2)15-5/h7,9,12H,6,8,10H2,1-5H3/b13-9+/t12-/m0/s1. The summed E-state index contributed by atoms with van der Waals surface area (Å²) in [6.45, 7) is 9.02. The van der Waals surface area contributed by atoms with E-state index in [1.807, 2.05) is 0 Å². The minimum Gasteiger partial charge on any atom is -0.381 e. The third-order valence-electron chi connectivity index (χ3n) is 3.43. The van der Waals surface area contributed by atoms with Crippen molar-refractivity contribution in [3.8, 4) is 0 Å². The first-order chi connectivity index (χ1) is 6.97. The maximum Gasteiger partial charge on any atom is 0.0577 e. The van der Waals surface area contributed by atoms with Crippen molar-refractivity contribution in [2.75, 3.05) is 7.11 Å². The van der Waals surface area contributed by atoms with Gasteiger partial charge in [0.05, 0.1) is 6.10 Å². The number of ether oxygens (including phenoxy) is 1. The fourth-order valence-corrected chi connectivity index (χ4v) is 2.25. The van der Waals surface area contributed by atoms with Crippen LogP contribution in [0.15, 0.2) is 23.3 Å². The second-order valence-electron chi connectivity index (χ2n) is 5.21. The molecule has 0 aliphatic heterocycles. The molecule has 0 aromatic heterocycles. The van der Waals surface area contributed by atoms with Crippen LogP contribution in [0.3, 0.4) is 0 Å². The Labute approximate surface area is 94.2 Å². The number of hydrogen-bond acceptors (Lipinski definition) is 1. The second-order valence-corrected chi connectivity index (χ2v) is 5.21. The topological polar surface area (TPSA) is 9.23 Å². The van der Waals surface area contributed by atoms with Gasteiger partial charge in [-0.25, -0.2) is 0 Å². The molecule has 0 N–H and O–H groups in total. The van der Waals surface area contributed by atoms with E-state index in [-0.39, 0.29) is 0 Å². The van der Waals surface area contributed by atoms with E-state index in [1.165, 1.54) is 24.0 Å². The summed E-state index contributed by atoms with van der Waals surface area (Å²) in [5, 5.41) is 0. The third-order valence-corrected chi connectivity index (χ3v) is 3.43. The lowest BCUT2D eigenvalue weighted by atomic mass is 9.73. The fourth-order valence-electron chi connectivity index (χ4n) is 2.25. The van der Waals surface area contributed by atoms with Crippen molar-refractivity contribution < 1.29 is 4.74 Å². The average Bonchev–Trinajstić information content (AvgIpc) is 2.15. The normalized spacial score (nSPS) is 25.1. The van der Waals surface area contributed by atoms with Crippen molar-refractivity contribution >= 4 is 0 Å². The Kier molecular flexibility index (Phi) is 4.15. The molecule has 1 aliphatic rings. The first-order valence-corrected chi connectivity index (χ1v) is 5.88. The van der Waals surface area contributed by atoms with E-state index in [0.717, 1.165) is 6.42 Å². The van der Waals surface area contributed by atoms with Crippen LogP contribution in [0.25, 0.3) is 0 Å². The molecule has 1 aliphatic carbocycles. The molecule has 0 saturated carbocycles. The van der Waals surface area contributed by atoms with Crippen molar-refractivity contribution in [3.05, 3.63) is 23.3 Å². The van der Waals surface area contributed by atoms with Crippen molar-refractivity contribution in [2.45, 2.75) is 53.1 Å². The molecule has 15 heavy (non-hydrogen) atoms. The summed E-state index contributed by atoms with van der Waals surface area (Å²) in [4.78, 5) is 0. The maximum absolute atomic E-state index is 5.28. The summed E-state index contributed by atoms with van der Waals surface area (Å²) in [5.41, 5.74) is 3.30. The van der Waals surface area contributed by atoms with Crippen LogP contribution in [-0.4, -0.2) is 13.2 Å². The second kappa shape index (κ2) is 4.98. The van der Waals surface area contributed by atoms with Gasteiger partial charge in [0.25, 0.3) is 0 Å². The van der Waals surface area contributed by atoms with Gasteiger partial charge < -0.3 is 4.74 Å². The van der Waals surface area contributed by atoms with Gasteiger partial charge in [0.15, 0.2) is 0 Å². The molecule has 0 heterocycles. The minimum absolute atomic E-state index is 0.322. The molecule has 0 radical (unpaired) electrons. The Morgan fingerprint density at radius 3 is 2.73 bits per heavy atom. The zero-order chi connectivity index (χ0) is 11.5. The number of hydrogen-bond donors (Lipinski definition) is 0. The van der Waals surface area contributed by atoms with Crippen LogP contribution in [0.4, 0.5) is 0 Å². The van der Waals surface area contributed by atoms with E-state index in [9.17, 15) is 0 Å². The van der Waals surface area contributed by atoms with Gasteiger partial charge >= 0.3 is 0 Å². The lowest BCUT2D eigenvalue weighted by Gasteiger charge is -2.32. The van der Waals surface area contributed by atoms with E-state index in [4.69, 9.17) is 4.74 Å². The lowest BCUT2D eigenvalue weighted by molar-refractivity contribution is 0.120. The molecule has 1 nitrogen and oxygen atoms in total. The van der Waals surface area contributed by atoms with Crippen molar-refractivity contribution in [1.82, 2.24) is 0 Å². The van der Waals surface area contributed by atoms with Gasteiger partial charge in [-0.05, 0) is 44.1 Å². The van der Waals surface area contributed by atoms with E-state index in [2.05, 4.69) is 39.8 Å². The van der Waals surface area contributed by atoms with Crippen LogP contribution < -0.4 is 0 Å². The van der Waals surface area contributed by atoms with Gasteiger partial charge in [0, 0.05) is 7.11 Å². The van der Waals surface area contributed by atoms with Crippen LogP contribution in [0.1, 0.15) is 47.0 Å². The molecule has 1 atom stereocenters. The summed E-state index contributed by atoms with van der Waals surface area (Å²) >= 11 is 0. The fraction of sp³-hybridized carbons (Fsp3) is 0.714. The predicted octanol–water partition coefficient (Wildman–Crippen LogP) is 4.10. The largest absolute Gasteiger partial charge is 0.381 e. The Morgan fingerprint density at radius 1 is 1.53 bits per heavy atom. The van der Waals surface area contributed by atoms with Crippen molar-refractivity contribution in [2.24, 2.45) is 5.41 Å². The van der Waals surface area contributed by atoms with Crippen LogP contribution in [0.5, 0.6) is 0 Å². The third kappa shape index (κ3) is 3.20. The molecular weight excluding hydrogens is 184 g/mol. The molecule has 1 rings (SSSR count). The summed E-state index contributed by atoms with van der Waals surface area (Å²) in [6, 6.07) is 0. The Balaban J connectivity index is 2.79. The van der Waals surface area contributed by atoms with Crippen LogP contribution in [0.2, 0.25) is 0 Å². The average molecular weight is 208 g/mol. The first-order valence-electron chi connectivity index (χ1n) is 5.88. The number of rotatable bonds is 3. The van der Waals surface area contributed by atoms with E-state index in [1.54, 1.807) is 7.11 Å². The van der Waals surface area contributed by atoms with Crippen LogP contribution in [0, 0.1) is 5.41 Å². The van der Waals surface area contributed by atoms with Gasteiger partial charge in [-0.1, -0.05) is 31.6 Å². The molecule has 0 amide bonds. The summed E-state index contributed by atoms with van der Waals surface area (Å²) < 4.78 is 5.28. The molecule has 0 spiro atoms. The van der Waals surface area contributed by atoms with E-state index in [0.29, 0.717) is 11.5 Å². The molecule has 0 unspecified atom stereocenters. The van der Waals surface area contributed by atoms with Gasteiger partial charge in [-0.2, -0.15) is 0 Å². The molecule has 0 aromatic carbocycles. The van der Waals surface area contributed by atoms with Gasteiger partial charge in [0.1, 0.15) is 0 Å². The molecule has 0 bridgehead atoms. The van der Waals surface area contributed by atoms with Gasteiger partial charge in [-0.3, -0.25) is 0 Å². The van der Waals surface area contributed by atoms with Crippen LogP contribution in [-0.2, 0) is 4.74 Å². The predicted molar refractivity (Wildman–Crippen MR) is 65.9 cm³/mol. The lowest BCUT2D eigenvalue weighted by Crippen LogP contribution is -2.19. The number of allylic oxidation sites excluding steroid dienone is 3.